The minimum absolute atomic E-state index is 0.0656. The van der Waals surface area contributed by atoms with E-state index in [0.29, 0.717) is 37.8 Å². The Morgan fingerprint density at radius 2 is 1.90 bits per heavy atom. The van der Waals surface area contributed by atoms with Gasteiger partial charge in [-0.05, 0) is 30.5 Å². The number of aryl methyl sites for hydroxylation is 1. The Kier molecular flexibility index (Phi) is 5.09. The first-order valence-corrected chi connectivity index (χ1v) is 10.3. The largest absolute Gasteiger partial charge is 0.486 e. The van der Waals surface area contributed by atoms with Gasteiger partial charge in [-0.1, -0.05) is 41.6 Å². The molecule has 7 heteroatoms. The molecule has 1 aromatic heterocycles. The first-order valence-electron chi connectivity index (χ1n) is 10.3. The predicted octanol–water partition coefficient (Wildman–Crippen LogP) is 3.80. The van der Waals surface area contributed by atoms with E-state index in [1.165, 1.54) is 0 Å². The molecule has 154 valence electrons. The fourth-order valence-electron chi connectivity index (χ4n) is 4.10. The minimum Gasteiger partial charge on any atom is -0.486 e. The lowest BCUT2D eigenvalue weighted by molar-refractivity contribution is -0.132. The van der Waals surface area contributed by atoms with E-state index in [-0.39, 0.29) is 11.9 Å². The number of benzene rings is 2. The Morgan fingerprint density at radius 3 is 2.77 bits per heavy atom. The zero-order valence-corrected chi connectivity index (χ0v) is 16.6. The Labute approximate surface area is 174 Å². The van der Waals surface area contributed by atoms with Crippen molar-refractivity contribution >= 4 is 5.91 Å². The molecule has 3 heterocycles. The number of ether oxygens (including phenoxy) is 2. The van der Waals surface area contributed by atoms with Gasteiger partial charge in [0, 0.05) is 24.9 Å². The van der Waals surface area contributed by atoms with E-state index in [9.17, 15) is 4.79 Å². The van der Waals surface area contributed by atoms with Gasteiger partial charge in [-0.3, -0.25) is 4.79 Å². The van der Waals surface area contributed by atoms with Crippen LogP contribution in [0.3, 0.4) is 0 Å². The van der Waals surface area contributed by atoms with Gasteiger partial charge in [-0.15, -0.1) is 0 Å². The van der Waals surface area contributed by atoms with Gasteiger partial charge in [-0.25, -0.2) is 0 Å². The molecule has 3 aromatic rings. The van der Waals surface area contributed by atoms with Crippen molar-refractivity contribution in [3.8, 4) is 22.9 Å². The van der Waals surface area contributed by atoms with Crippen LogP contribution in [0, 0.1) is 0 Å². The summed E-state index contributed by atoms with van der Waals surface area (Å²) in [7, 11) is 0. The highest BCUT2D eigenvalue weighted by Crippen LogP contribution is 2.38. The molecule has 2 aliphatic heterocycles. The number of carbonyl (C=O) groups excluding carboxylic acids is 1. The third-order valence-corrected chi connectivity index (χ3v) is 5.58. The van der Waals surface area contributed by atoms with Gasteiger partial charge in [0.2, 0.25) is 17.6 Å². The van der Waals surface area contributed by atoms with Crippen molar-refractivity contribution < 1.29 is 18.8 Å². The molecule has 0 radical (unpaired) electrons. The quantitative estimate of drug-likeness (QED) is 0.642. The first-order chi connectivity index (χ1) is 14.8. The Morgan fingerprint density at radius 1 is 1.07 bits per heavy atom. The molecule has 1 atom stereocenters. The summed E-state index contributed by atoms with van der Waals surface area (Å²) >= 11 is 0. The molecule has 0 saturated carbocycles. The van der Waals surface area contributed by atoms with E-state index in [1.54, 1.807) is 0 Å². The number of fused-ring (bicyclic) bond motifs is 1. The molecule has 0 spiro atoms. The van der Waals surface area contributed by atoms with Crippen LogP contribution in [0.4, 0.5) is 0 Å². The predicted molar refractivity (Wildman–Crippen MR) is 109 cm³/mol. The maximum atomic E-state index is 12.9. The molecular weight excluding hydrogens is 382 g/mol. The summed E-state index contributed by atoms with van der Waals surface area (Å²) in [6.07, 6.45) is 2.72. The molecule has 30 heavy (non-hydrogen) atoms. The summed E-state index contributed by atoms with van der Waals surface area (Å²) in [6, 6.07) is 15.7. The van der Waals surface area contributed by atoms with Crippen LogP contribution in [0.2, 0.25) is 0 Å². The number of hydrogen-bond donors (Lipinski definition) is 0. The van der Waals surface area contributed by atoms with Crippen LogP contribution < -0.4 is 9.47 Å². The van der Waals surface area contributed by atoms with E-state index >= 15 is 0 Å². The molecule has 1 saturated heterocycles. The Bertz CT molecular complexity index is 1030. The average molecular weight is 405 g/mol. The van der Waals surface area contributed by atoms with Gasteiger partial charge in [0.1, 0.15) is 13.2 Å². The van der Waals surface area contributed by atoms with Gasteiger partial charge in [0.05, 0.1) is 6.04 Å². The first kappa shape index (κ1) is 18.7. The van der Waals surface area contributed by atoms with Crippen molar-refractivity contribution in [3.63, 3.8) is 0 Å². The maximum Gasteiger partial charge on any atom is 0.227 e. The van der Waals surface area contributed by atoms with Crippen molar-refractivity contribution in [3.05, 3.63) is 60.0 Å². The van der Waals surface area contributed by atoms with E-state index in [4.69, 9.17) is 14.0 Å². The molecule has 2 aromatic carbocycles. The number of likely N-dealkylation sites (tertiary alicyclic amines) is 1. The van der Waals surface area contributed by atoms with Gasteiger partial charge in [-0.2, -0.15) is 4.98 Å². The van der Waals surface area contributed by atoms with Crippen LogP contribution >= 0.6 is 0 Å². The van der Waals surface area contributed by atoms with Crippen molar-refractivity contribution in [2.45, 2.75) is 31.7 Å². The zero-order chi connectivity index (χ0) is 20.3. The minimum atomic E-state index is 0.0656. The third kappa shape index (κ3) is 3.75. The fourth-order valence-corrected chi connectivity index (χ4v) is 4.10. The van der Waals surface area contributed by atoms with Gasteiger partial charge < -0.3 is 18.9 Å². The summed E-state index contributed by atoms with van der Waals surface area (Å²) in [5, 5.41) is 4.03. The van der Waals surface area contributed by atoms with Crippen LogP contribution in [-0.4, -0.2) is 40.7 Å². The van der Waals surface area contributed by atoms with Gasteiger partial charge >= 0.3 is 0 Å². The smallest absolute Gasteiger partial charge is 0.227 e. The highest BCUT2D eigenvalue weighted by Gasteiger charge is 2.30. The van der Waals surface area contributed by atoms with Crippen molar-refractivity contribution in [1.82, 2.24) is 15.0 Å². The normalized spacial score (nSPS) is 17.9. The number of aromatic nitrogens is 2. The second-order valence-corrected chi connectivity index (χ2v) is 7.53. The van der Waals surface area contributed by atoms with Crippen molar-refractivity contribution in [2.24, 2.45) is 0 Å². The number of rotatable bonds is 5. The topological polar surface area (TPSA) is 77.7 Å². The van der Waals surface area contributed by atoms with Crippen LogP contribution in [0.25, 0.3) is 11.4 Å². The average Bonchev–Trinajstić information content (AvgIpc) is 3.48. The number of carbonyl (C=O) groups is 1. The second-order valence-electron chi connectivity index (χ2n) is 7.53. The van der Waals surface area contributed by atoms with Crippen molar-refractivity contribution in [2.75, 3.05) is 19.8 Å². The van der Waals surface area contributed by atoms with E-state index < -0.39 is 0 Å². The lowest BCUT2D eigenvalue weighted by atomic mass is 10.0. The molecule has 1 amide bonds. The molecular formula is C23H23N3O4. The van der Waals surface area contributed by atoms with E-state index in [1.807, 2.05) is 53.4 Å². The van der Waals surface area contributed by atoms with Crippen LogP contribution in [0.15, 0.2) is 53.1 Å². The third-order valence-electron chi connectivity index (χ3n) is 5.58. The molecule has 0 N–H and O–H groups in total. The summed E-state index contributed by atoms with van der Waals surface area (Å²) < 4.78 is 16.7. The number of nitrogens with zero attached hydrogens (tertiary/aromatic N) is 3. The standard InChI is InChI=1S/C23H23N3O4/c27-22(11-10-21-24-23(25-30-21)16-5-2-1-3-6-16)26-12-4-7-18(26)17-8-9-19-20(15-17)29-14-13-28-19/h1-3,5-6,8-9,15,18H,4,7,10-14H2. The molecule has 0 bridgehead atoms. The lowest BCUT2D eigenvalue weighted by Crippen LogP contribution is -2.30. The van der Waals surface area contributed by atoms with E-state index in [2.05, 4.69) is 10.1 Å². The zero-order valence-electron chi connectivity index (χ0n) is 16.6. The van der Waals surface area contributed by atoms with Crippen molar-refractivity contribution in [1.29, 1.82) is 0 Å². The second kappa shape index (κ2) is 8.18. The Hall–Kier alpha value is -3.35. The molecule has 1 unspecified atom stereocenters. The molecule has 2 aliphatic rings. The van der Waals surface area contributed by atoms with Gasteiger partial charge in [0.15, 0.2) is 11.5 Å². The summed E-state index contributed by atoms with van der Waals surface area (Å²) in [4.78, 5) is 19.3. The molecule has 1 fully saturated rings. The highest BCUT2D eigenvalue weighted by molar-refractivity contribution is 5.77. The summed E-state index contributed by atoms with van der Waals surface area (Å²) in [5.74, 6) is 2.67. The summed E-state index contributed by atoms with van der Waals surface area (Å²) in [6.45, 7) is 1.89. The fraction of sp³-hybridized carbons (Fsp3) is 0.348. The maximum absolute atomic E-state index is 12.9. The number of hydrogen-bond acceptors (Lipinski definition) is 6. The van der Waals surface area contributed by atoms with Crippen LogP contribution in [0.5, 0.6) is 11.5 Å². The summed E-state index contributed by atoms with van der Waals surface area (Å²) in [5.41, 5.74) is 1.99. The molecule has 0 aliphatic carbocycles. The molecule has 7 nitrogen and oxygen atoms in total. The SMILES string of the molecule is O=C(CCc1nc(-c2ccccc2)no1)N1CCCC1c1ccc2c(c1)OCCO2. The van der Waals surface area contributed by atoms with E-state index in [0.717, 1.165) is 42.0 Å². The Balaban J connectivity index is 1.24. The van der Waals surface area contributed by atoms with Gasteiger partial charge in [0.25, 0.3) is 0 Å². The highest BCUT2D eigenvalue weighted by atomic mass is 16.6. The number of amides is 1. The lowest BCUT2D eigenvalue weighted by Gasteiger charge is -2.26. The molecule has 5 rings (SSSR count). The van der Waals surface area contributed by atoms with Crippen LogP contribution in [-0.2, 0) is 11.2 Å². The van der Waals surface area contributed by atoms with Crippen LogP contribution in [0.1, 0.15) is 36.8 Å². The monoisotopic (exact) mass is 405 g/mol.